The van der Waals surface area contributed by atoms with Gasteiger partial charge in [-0.1, -0.05) is 11.8 Å². The Labute approximate surface area is 108 Å². The van der Waals surface area contributed by atoms with E-state index in [4.69, 9.17) is 17.3 Å². The van der Waals surface area contributed by atoms with Crippen molar-refractivity contribution in [2.75, 3.05) is 24.7 Å². The van der Waals surface area contributed by atoms with Gasteiger partial charge in [-0.2, -0.15) is 0 Å². The van der Waals surface area contributed by atoms with Crippen LogP contribution in [0.1, 0.15) is 5.56 Å². The molecule has 8 heteroatoms. The molecule has 98 valence electrons. The van der Waals surface area contributed by atoms with Crippen LogP contribution in [0.5, 0.6) is 0 Å². The number of nitrogens with zero attached hydrogens (tertiary/aromatic N) is 3. The number of nitrogens with two attached hydrogens (primary N) is 3. The maximum Gasteiger partial charge on any atom is 0.234 e. The fourth-order valence-electron chi connectivity index (χ4n) is 1.56. The Balaban J connectivity index is 2.27. The predicted octanol–water partition coefficient (Wildman–Crippen LogP) is -1.85. The molecule has 0 spiro atoms. The number of aromatic nitrogens is 3. The van der Waals surface area contributed by atoms with Gasteiger partial charge in [0.15, 0.2) is 5.65 Å². The molecule has 7 N–H and O–H groups in total. The molecule has 0 aromatic carbocycles. The van der Waals surface area contributed by atoms with E-state index < -0.39 is 0 Å². The smallest absolute Gasteiger partial charge is 0.234 e. The van der Waals surface area contributed by atoms with E-state index in [1.165, 1.54) is 11.0 Å². The summed E-state index contributed by atoms with van der Waals surface area (Å²) < 4.78 is 1.33. The van der Waals surface area contributed by atoms with Crippen molar-refractivity contribution < 1.29 is 4.79 Å². The molecule has 1 amide bonds. The number of rotatable bonds is 2. The van der Waals surface area contributed by atoms with Crippen molar-refractivity contribution in [3.05, 3.63) is 18.1 Å². The molecule has 0 aliphatic carbocycles. The van der Waals surface area contributed by atoms with Crippen molar-refractivity contribution in [3.63, 3.8) is 0 Å². The summed E-state index contributed by atoms with van der Waals surface area (Å²) in [4.78, 5) is 18.8. The third-order valence-corrected chi connectivity index (χ3v) is 2.42. The summed E-state index contributed by atoms with van der Waals surface area (Å²) in [6.45, 7) is 0.130. The first-order valence-electron chi connectivity index (χ1n) is 5.45. The van der Waals surface area contributed by atoms with Crippen molar-refractivity contribution >= 4 is 22.8 Å². The first-order valence-corrected chi connectivity index (χ1v) is 5.45. The van der Waals surface area contributed by atoms with Crippen LogP contribution in [0.4, 0.5) is 5.82 Å². The van der Waals surface area contributed by atoms with Gasteiger partial charge < -0.3 is 22.6 Å². The van der Waals surface area contributed by atoms with Crippen molar-refractivity contribution in [2.45, 2.75) is 0 Å². The lowest BCUT2D eigenvalue weighted by atomic mass is 10.2. The van der Waals surface area contributed by atoms with Gasteiger partial charge in [0, 0.05) is 6.20 Å². The molecule has 0 saturated heterocycles. The van der Waals surface area contributed by atoms with Crippen LogP contribution in [0.15, 0.2) is 12.5 Å². The molecule has 0 radical (unpaired) electrons. The van der Waals surface area contributed by atoms with E-state index in [1.54, 1.807) is 6.20 Å². The standard InChI is InChI=1S/C11H13N7O/c12-4-8(19)15-3-1-2-7-5-18(14)11-9(7)10(13)16-6-17-11/h5-6H,3-4,12,14H2,(H,15,19)(H2,13,16,17). The van der Waals surface area contributed by atoms with Crippen LogP contribution >= 0.6 is 0 Å². The van der Waals surface area contributed by atoms with Gasteiger partial charge in [0.25, 0.3) is 0 Å². The largest absolute Gasteiger partial charge is 0.383 e. The molecule has 2 aromatic heterocycles. The number of nitrogen functional groups attached to an aromatic ring is 2. The highest BCUT2D eigenvalue weighted by Crippen LogP contribution is 2.20. The molecule has 2 rings (SSSR count). The third-order valence-electron chi connectivity index (χ3n) is 2.42. The number of carbonyl (C=O) groups is 1. The van der Waals surface area contributed by atoms with Crippen molar-refractivity contribution in [2.24, 2.45) is 5.73 Å². The number of carbonyl (C=O) groups excluding carboxylic acids is 1. The second-order valence-electron chi connectivity index (χ2n) is 3.69. The van der Waals surface area contributed by atoms with Gasteiger partial charge in [-0.15, -0.1) is 0 Å². The minimum Gasteiger partial charge on any atom is -0.383 e. The Morgan fingerprint density at radius 1 is 1.47 bits per heavy atom. The number of nitrogens with one attached hydrogen (secondary N) is 1. The highest BCUT2D eigenvalue weighted by atomic mass is 16.1. The Bertz CT molecular complexity index is 679. The van der Waals surface area contributed by atoms with Gasteiger partial charge in [-0.05, 0) is 0 Å². The first kappa shape index (κ1) is 12.7. The van der Waals surface area contributed by atoms with E-state index in [-0.39, 0.29) is 19.0 Å². The van der Waals surface area contributed by atoms with Crippen molar-refractivity contribution in [3.8, 4) is 11.8 Å². The summed E-state index contributed by atoms with van der Waals surface area (Å²) in [7, 11) is 0. The minimum absolute atomic E-state index is 0.0649. The average Bonchev–Trinajstić information content (AvgIpc) is 2.73. The van der Waals surface area contributed by atoms with E-state index in [0.29, 0.717) is 22.4 Å². The number of amides is 1. The van der Waals surface area contributed by atoms with Gasteiger partial charge in [-0.25, -0.2) is 9.97 Å². The van der Waals surface area contributed by atoms with E-state index in [0.717, 1.165) is 0 Å². The number of anilines is 1. The average molecular weight is 259 g/mol. The lowest BCUT2D eigenvalue weighted by Crippen LogP contribution is -2.30. The van der Waals surface area contributed by atoms with Crippen LogP contribution < -0.4 is 22.6 Å². The Morgan fingerprint density at radius 2 is 2.26 bits per heavy atom. The molecule has 2 aromatic rings. The predicted molar refractivity (Wildman–Crippen MR) is 71.0 cm³/mol. The third kappa shape index (κ3) is 2.56. The van der Waals surface area contributed by atoms with Crippen molar-refractivity contribution in [1.29, 1.82) is 0 Å². The van der Waals surface area contributed by atoms with Gasteiger partial charge in [0.1, 0.15) is 12.1 Å². The molecule has 2 heterocycles. The lowest BCUT2D eigenvalue weighted by Gasteiger charge is -1.96. The lowest BCUT2D eigenvalue weighted by molar-refractivity contribution is -0.119. The van der Waals surface area contributed by atoms with Crippen LogP contribution in [-0.4, -0.2) is 33.6 Å². The summed E-state index contributed by atoms with van der Waals surface area (Å²) in [6, 6.07) is 0. The maximum absolute atomic E-state index is 10.9. The summed E-state index contributed by atoms with van der Waals surface area (Å²) in [5, 5.41) is 3.13. The van der Waals surface area contributed by atoms with Gasteiger partial charge in [0.05, 0.1) is 24.0 Å². The summed E-state index contributed by atoms with van der Waals surface area (Å²) in [5.41, 5.74) is 12.0. The van der Waals surface area contributed by atoms with Gasteiger partial charge >= 0.3 is 0 Å². The van der Waals surface area contributed by atoms with Crippen LogP contribution in [0.2, 0.25) is 0 Å². The highest BCUT2D eigenvalue weighted by molar-refractivity contribution is 5.92. The topological polar surface area (TPSA) is 138 Å². The molecular formula is C11H13N7O. The zero-order valence-electron chi connectivity index (χ0n) is 10.1. The van der Waals surface area contributed by atoms with E-state index in [9.17, 15) is 4.79 Å². The van der Waals surface area contributed by atoms with E-state index >= 15 is 0 Å². The highest BCUT2D eigenvalue weighted by Gasteiger charge is 2.10. The van der Waals surface area contributed by atoms with Crippen molar-refractivity contribution in [1.82, 2.24) is 20.0 Å². The Morgan fingerprint density at radius 3 is 3.00 bits per heavy atom. The molecule has 0 fully saturated rings. The molecule has 0 aliphatic rings. The van der Waals surface area contributed by atoms with Crippen LogP contribution in [0.25, 0.3) is 11.0 Å². The number of hydrogen-bond donors (Lipinski definition) is 4. The molecule has 8 nitrogen and oxygen atoms in total. The molecule has 0 aliphatic heterocycles. The van der Waals surface area contributed by atoms with Crippen LogP contribution in [-0.2, 0) is 4.79 Å². The minimum atomic E-state index is -0.265. The maximum atomic E-state index is 10.9. The molecule has 0 unspecified atom stereocenters. The monoisotopic (exact) mass is 259 g/mol. The second-order valence-corrected chi connectivity index (χ2v) is 3.69. The van der Waals surface area contributed by atoms with E-state index in [1.807, 2.05) is 0 Å². The second kappa shape index (κ2) is 5.24. The first-order chi connectivity index (χ1) is 9.13. The fraction of sp³-hybridized carbons (Fsp3) is 0.182. The normalized spacial score (nSPS) is 9.95. The van der Waals surface area contributed by atoms with Gasteiger partial charge in [0.2, 0.25) is 5.91 Å². The van der Waals surface area contributed by atoms with Gasteiger partial charge in [-0.3, -0.25) is 9.47 Å². The van der Waals surface area contributed by atoms with Crippen LogP contribution in [0.3, 0.4) is 0 Å². The molecule has 0 saturated carbocycles. The molecule has 19 heavy (non-hydrogen) atoms. The zero-order chi connectivity index (χ0) is 13.8. The Kier molecular flexibility index (Phi) is 3.49. The zero-order valence-corrected chi connectivity index (χ0v) is 10.1. The number of fused-ring (bicyclic) bond motifs is 1. The molecule has 0 bridgehead atoms. The summed E-state index contributed by atoms with van der Waals surface area (Å²) >= 11 is 0. The fourth-order valence-corrected chi connectivity index (χ4v) is 1.56. The SMILES string of the molecule is NCC(=O)NCC#Cc1cn(N)c2ncnc(N)c12. The summed E-state index contributed by atoms with van der Waals surface area (Å²) in [5.74, 6) is 11.4. The Hall–Kier alpha value is -2.79. The summed E-state index contributed by atoms with van der Waals surface area (Å²) in [6.07, 6.45) is 2.94. The van der Waals surface area contributed by atoms with Crippen LogP contribution in [0, 0.1) is 11.8 Å². The van der Waals surface area contributed by atoms with E-state index in [2.05, 4.69) is 27.1 Å². The quantitative estimate of drug-likeness (QED) is 0.369. The number of hydrogen-bond acceptors (Lipinski definition) is 6. The molecule has 0 atom stereocenters. The molecular weight excluding hydrogens is 246 g/mol.